The van der Waals surface area contributed by atoms with Crippen LogP contribution in [0.15, 0.2) is 0 Å². The Morgan fingerprint density at radius 3 is 2.00 bits per heavy atom. The Labute approximate surface area is 113 Å². The molecule has 0 radical (unpaired) electrons. The third-order valence-corrected chi connectivity index (χ3v) is 2.70. The van der Waals surface area contributed by atoms with Gasteiger partial charge >= 0.3 is 6.18 Å². The van der Waals surface area contributed by atoms with Crippen molar-refractivity contribution in [3.05, 3.63) is 0 Å². The van der Waals surface area contributed by atoms with Crippen molar-refractivity contribution in [3.8, 4) is 0 Å². The van der Waals surface area contributed by atoms with Gasteiger partial charge in [-0.15, -0.1) is 0 Å². The summed E-state index contributed by atoms with van der Waals surface area (Å²) in [6.07, 6.45) is -4.46. The number of nitrogens with two attached hydrogens (primary N) is 1. The van der Waals surface area contributed by atoms with E-state index in [0.29, 0.717) is 19.6 Å². The van der Waals surface area contributed by atoms with Crippen LogP contribution in [0.2, 0.25) is 0 Å². The van der Waals surface area contributed by atoms with Crippen LogP contribution in [0.1, 0.15) is 13.8 Å². The number of nitrogens with one attached hydrogen (secondary N) is 1. The summed E-state index contributed by atoms with van der Waals surface area (Å²) in [4.78, 5) is 3.65. The highest BCUT2D eigenvalue weighted by Crippen LogP contribution is 2.27. The normalized spacial score (nSPS) is 14.4. The Bertz CT molecular complexity index is 277. The number of nitrogens with zero attached hydrogens (tertiary/aromatic N) is 2. The summed E-state index contributed by atoms with van der Waals surface area (Å²) in [5.41, 5.74) is 5.08. The Morgan fingerprint density at radius 2 is 1.68 bits per heavy atom. The van der Waals surface area contributed by atoms with Gasteiger partial charge in [0.25, 0.3) is 0 Å². The second-order valence-electron chi connectivity index (χ2n) is 5.51. The monoisotopic (exact) mass is 282 g/mol. The molecule has 0 spiro atoms. The maximum atomic E-state index is 12.8. The summed E-state index contributed by atoms with van der Waals surface area (Å²) in [6.45, 7) is 5.44. The summed E-state index contributed by atoms with van der Waals surface area (Å²) in [5, 5.41) is 7.12. The Kier molecular flexibility index (Phi) is 7.36. The van der Waals surface area contributed by atoms with Crippen LogP contribution in [-0.2, 0) is 0 Å². The van der Waals surface area contributed by atoms with Crippen LogP contribution >= 0.6 is 0 Å². The van der Waals surface area contributed by atoms with Crippen LogP contribution in [0.5, 0.6) is 0 Å². The van der Waals surface area contributed by atoms with Gasteiger partial charge in [-0.3, -0.25) is 5.41 Å². The van der Waals surface area contributed by atoms with Gasteiger partial charge in [0.05, 0.1) is 0 Å². The molecular formula is C12H25F3N4. The molecule has 0 bridgehead atoms. The average Bonchev–Trinajstić information content (AvgIpc) is 2.18. The molecule has 0 fully saturated rings. The molecular weight excluding hydrogens is 257 g/mol. The standard InChI is InChI=1S/C12H25F3N4/c1-9(2)7-19(6-5-18(3)4)8-10(11(16)17)12(13,14)15/h9-10H,5-8H2,1-4H3,(H3,16,17). The number of hydrogen-bond donors (Lipinski definition) is 2. The molecule has 7 heteroatoms. The molecule has 3 N–H and O–H groups in total. The van der Waals surface area contributed by atoms with E-state index in [1.54, 1.807) is 4.90 Å². The maximum Gasteiger partial charge on any atom is 0.399 e. The van der Waals surface area contributed by atoms with Gasteiger partial charge in [0.15, 0.2) is 0 Å². The molecule has 114 valence electrons. The second-order valence-corrected chi connectivity index (χ2v) is 5.51. The number of likely N-dealkylation sites (N-methyl/N-ethyl adjacent to an activating group) is 1. The molecule has 0 aromatic heterocycles. The summed E-state index contributed by atoms with van der Waals surface area (Å²) in [7, 11) is 3.75. The molecule has 0 heterocycles. The van der Waals surface area contributed by atoms with Crippen molar-refractivity contribution < 1.29 is 13.2 Å². The van der Waals surface area contributed by atoms with Gasteiger partial charge in [0.1, 0.15) is 11.8 Å². The number of halogens is 3. The van der Waals surface area contributed by atoms with Crippen molar-refractivity contribution >= 4 is 5.84 Å². The zero-order chi connectivity index (χ0) is 15.2. The topological polar surface area (TPSA) is 56.4 Å². The molecule has 19 heavy (non-hydrogen) atoms. The average molecular weight is 282 g/mol. The van der Waals surface area contributed by atoms with Crippen LogP contribution in [0.3, 0.4) is 0 Å². The maximum absolute atomic E-state index is 12.8. The molecule has 0 saturated heterocycles. The third kappa shape index (κ3) is 8.05. The van der Waals surface area contributed by atoms with Crippen molar-refractivity contribution in [2.75, 3.05) is 40.3 Å². The molecule has 0 aliphatic carbocycles. The van der Waals surface area contributed by atoms with Crippen molar-refractivity contribution in [3.63, 3.8) is 0 Å². The molecule has 0 amide bonds. The minimum atomic E-state index is -4.46. The van der Waals surface area contributed by atoms with E-state index in [-0.39, 0.29) is 12.5 Å². The van der Waals surface area contributed by atoms with E-state index in [2.05, 4.69) is 0 Å². The molecule has 0 aliphatic heterocycles. The van der Waals surface area contributed by atoms with E-state index in [1.165, 1.54) is 0 Å². The highest BCUT2D eigenvalue weighted by molar-refractivity contribution is 5.80. The number of rotatable bonds is 8. The van der Waals surface area contributed by atoms with E-state index >= 15 is 0 Å². The quantitative estimate of drug-likeness (QED) is 0.525. The molecule has 1 unspecified atom stereocenters. The van der Waals surface area contributed by atoms with E-state index in [9.17, 15) is 13.2 Å². The van der Waals surface area contributed by atoms with E-state index < -0.39 is 17.9 Å². The lowest BCUT2D eigenvalue weighted by atomic mass is 10.1. The van der Waals surface area contributed by atoms with Gasteiger partial charge in [0, 0.05) is 26.2 Å². The highest BCUT2D eigenvalue weighted by atomic mass is 19.4. The first-order chi connectivity index (χ1) is 8.54. The van der Waals surface area contributed by atoms with Gasteiger partial charge in [-0.1, -0.05) is 13.8 Å². The smallest absolute Gasteiger partial charge is 0.387 e. The zero-order valence-corrected chi connectivity index (χ0v) is 12.1. The summed E-state index contributed by atoms with van der Waals surface area (Å²) in [5.74, 6) is -2.43. The van der Waals surface area contributed by atoms with Crippen LogP contribution in [0, 0.1) is 17.2 Å². The minimum Gasteiger partial charge on any atom is -0.387 e. The lowest BCUT2D eigenvalue weighted by molar-refractivity contribution is -0.160. The lowest BCUT2D eigenvalue weighted by Gasteiger charge is -2.30. The van der Waals surface area contributed by atoms with Gasteiger partial charge in [-0.05, 0) is 20.0 Å². The molecule has 0 aromatic rings. The Balaban J connectivity index is 4.70. The van der Waals surface area contributed by atoms with Gasteiger partial charge < -0.3 is 15.5 Å². The molecule has 0 aliphatic rings. The van der Waals surface area contributed by atoms with Crippen molar-refractivity contribution in [1.82, 2.24) is 9.80 Å². The summed E-state index contributed by atoms with van der Waals surface area (Å²) < 4.78 is 38.4. The molecule has 0 rings (SSSR count). The Morgan fingerprint density at radius 1 is 1.16 bits per heavy atom. The zero-order valence-electron chi connectivity index (χ0n) is 12.1. The van der Waals surface area contributed by atoms with Crippen LogP contribution in [-0.4, -0.2) is 62.1 Å². The fourth-order valence-electron chi connectivity index (χ4n) is 1.75. The largest absolute Gasteiger partial charge is 0.399 e. The third-order valence-electron chi connectivity index (χ3n) is 2.70. The summed E-state index contributed by atoms with van der Waals surface area (Å²) in [6, 6.07) is 0. The van der Waals surface area contributed by atoms with Gasteiger partial charge in [-0.25, -0.2) is 0 Å². The van der Waals surface area contributed by atoms with Crippen molar-refractivity contribution in [1.29, 1.82) is 5.41 Å². The minimum absolute atomic E-state index is 0.245. The fourth-order valence-corrected chi connectivity index (χ4v) is 1.75. The van der Waals surface area contributed by atoms with Crippen LogP contribution in [0.4, 0.5) is 13.2 Å². The summed E-state index contributed by atoms with van der Waals surface area (Å²) >= 11 is 0. The highest BCUT2D eigenvalue weighted by Gasteiger charge is 2.42. The Hall–Kier alpha value is -0.820. The SMILES string of the molecule is CC(C)CN(CCN(C)C)CC(C(=N)N)C(F)(F)F. The van der Waals surface area contributed by atoms with Crippen molar-refractivity contribution in [2.24, 2.45) is 17.6 Å². The van der Waals surface area contributed by atoms with Crippen molar-refractivity contribution in [2.45, 2.75) is 20.0 Å². The molecule has 1 atom stereocenters. The first kappa shape index (κ1) is 18.2. The van der Waals surface area contributed by atoms with Crippen LogP contribution < -0.4 is 5.73 Å². The first-order valence-corrected chi connectivity index (χ1v) is 6.31. The van der Waals surface area contributed by atoms with Gasteiger partial charge in [-0.2, -0.15) is 13.2 Å². The predicted octanol–water partition coefficient (Wildman–Crippen LogP) is 1.62. The lowest BCUT2D eigenvalue weighted by Crippen LogP contribution is -2.46. The molecule has 0 aromatic carbocycles. The first-order valence-electron chi connectivity index (χ1n) is 6.31. The van der Waals surface area contributed by atoms with E-state index in [1.807, 2.05) is 32.8 Å². The van der Waals surface area contributed by atoms with E-state index in [4.69, 9.17) is 11.1 Å². The second kappa shape index (κ2) is 7.69. The predicted molar refractivity (Wildman–Crippen MR) is 71.3 cm³/mol. The van der Waals surface area contributed by atoms with Gasteiger partial charge in [0.2, 0.25) is 0 Å². The number of amidine groups is 1. The number of hydrogen-bond acceptors (Lipinski definition) is 3. The number of alkyl halides is 3. The molecule has 0 saturated carbocycles. The van der Waals surface area contributed by atoms with Crippen LogP contribution in [0.25, 0.3) is 0 Å². The van der Waals surface area contributed by atoms with E-state index in [0.717, 1.165) is 0 Å². The fraction of sp³-hybridized carbons (Fsp3) is 0.917. The molecule has 4 nitrogen and oxygen atoms in total.